The van der Waals surface area contributed by atoms with E-state index in [2.05, 4.69) is 9.80 Å². The van der Waals surface area contributed by atoms with Crippen LogP contribution in [0, 0.1) is 5.82 Å². The van der Waals surface area contributed by atoms with E-state index in [1.165, 1.54) is 6.07 Å². The zero-order chi connectivity index (χ0) is 15.4. The smallest absolute Gasteiger partial charge is 0.146 e. The Bertz CT molecular complexity index is 597. The minimum absolute atomic E-state index is 0.166. The monoisotopic (exact) mass is 300 g/mol. The summed E-state index contributed by atoms with van der Waals surface area (Å²) in [5.74, 6) is -0.166. The van der Waals surface area contributed by atoms with Crippen molar-refractivity contribution in [3.63, 3.8) is 0 Å². The number of benzene rings is 2. The summed E-state index contributed by atoms with van der Waals surface area (Å²) < 4.78 is 13.8. The van der Waals surface area contributed by atoms with Crippen LogP contribution < -0.4 is 4.90 Å². The summed E-state index contributed by atoms with van der Waals surface area (Å²) >= 11 is 0. The van der Waals surface area contributed by atoms with Crippen LogP contribution in [-0.4, -0.2) is 42.7 Å². The fourth-order valence-corrected chi connectivity index (χ4v) is 2.90. The molecule has 3 rings (SSSR count). The van der Waals surface area contributed by atoms with Gasteiger partial charge in [-0.3, -0.25) is 4.90 Å². The summed E-state index contributed by atoms with van der Waals surface area (Å²) in [4.78, 5) is 4.30. The molecule has 0 amide bonds. The van der Waals surface area contributed by atoms with Crippen molar-refractivity contribution in [2.45, 2.75) is 6.10 Å². The Kier molecular flexibility index (Phi) is 4.71. The lowest BCUT2D eigenvalue weighted by atomic mass is 10.1. The van der Waals surface area contributed by atoms with E-state index < -0.39 is 6.10 Å². The molecule has 1 aliphatic heterocycles. The van der Waals surface area contributed by atoms with Gasteiger partial charge in [0.05, 0.1) is 11.8 Å². The van der Waals surface area contributed by atoms with Crippen molar-refractivity contribution in [1.29, 1.82) is 0 Å². The van der Waals surface area contributed by atoms with Crippen LogP contribution in [0.25, 0.3) is 0 Å². The summed E-state index contributed by atoms with van der Waals surface area (Å²) in [5, 5.41) is 10.3. The standard InChI is InChI=1S/C18H21FN2O/c19-16-8-4-5-9-17(16)21-12-10-20(11-13-21)14-18(22)15-6-2-1-3-7-15/h1-9,18,22H,10-14H2. The molecule has 1 atom stereocenters. The van der Waals surface area contributed by atoms with Gasteiger partial charge in [0.2, 0.25) is 0 Å². The number of hydrogen-bond acceptors (Lipinski definition) is 3. The number of piperazine rings is 1. The lowest BCUT2D eigenvalue weighted by Gasteiger charge is -2.37. The SMILES string of the molecule is OC(CN1CCN(c2ccccc2F)CC1)c1ccccc1. The summed E-state index contributed by atoms with van der Waals surface area (Å²) in [6, 6.07) is 16.6. The number of aliphatic hydroxyl groups excluding tert-OH is 1. The molecule has 3 nitrogen and oxygen atoms in total. The van der Waals surface area contributed by atoms with Crippen LogP contribution in [0.3, 0.4) is 0 Å². The van der Waals surface area contributed by atoms with Gasteiger partial charge in [-0.2, -0.15) is 0 Å². The van der Waals surface area contributed by atoms with E-state index in [1.807, 2.05) is 42.5 Å². The number of β-amino-alcohol motifs (C(OH)–C–C–N with tert-alkyl or cyclic N) is 1. The number of rotatable bonds is 4. The van der Waals surface area contributed by atoms with Crippen LogP contribution in [0.2, 0.25) is 0 Å². The highest BCUT2D eigenvalue weighted by molar-refractivity contribution is 5.48. The van der Waals surface area contributed by atoms with Crippen LogP contribution in [0.15, 0.2) is 54.6 Å². The first-order valence-electron chi connectivity index (χ1n) is 7.69. The number of nitrogens with zero attached hydrogens (tertiary/aromatic N) is 2. The molecule has 1 N–H and O–H groups in total. The first kappa shape index (κ1) is 15.0. The predicted molar refractivity (Wildman–Crippen MR) is 86.5 cm³/mol. The largest absolute Gasteiger partial charge is 0.387 e. The summed E-state index contributed by atoms with van der Waals surface area (Å²) in [6.07, 6.45) is -0.471. The summed E-state index contributed by atoms with van der Waals surface area (Å²) in [5.41, 5.74) is 1.62. The summed E-state index contributed by atoms with van der Waals surface area (Å²) in [7, 11) is 0. The lowest BCUT2D eigenvalue weighted by Crippen LogP contribution is -2.47. The Hall–Kier alpha value is -1.91. The third kappa shape index (κ3) is 3.46. The lowest BCUT2D eigenvalue weighted by molar-refractivity contribution is 0.109. The molecule has 1 heterocycles. The van der Waals surface area contributed by atoms with E-state index in [0.29, 0.717) is 12.2 Å². The van der Waals surface area contributed by atoms with Crippen molar-refractivity contribution in [3.8, 4) is 0 Å². The predicted octanol–water partition coefficient (Wildman–Crippen LogP) is 2.68. The Labute approximate surface area is 130 Å². The topological polar surface area (TPSA) is 26.7 Å². The maximum Gasteiger partial charge on any atom is 0.146 e. The minimum atomic E-state index is -0.471. The molecular weight excluding hydrogens is 279 g/mol. The third-order valence-corrected chi connectivity index (χ3v) is 4.18. The average molecular weight is 300 g/mol. The van der Waals surface area contributed by atoms with E-state index in [-0.39, 0.29) is 5.82 Å². The summed E-state index contributed by atoms with van der Waals surface area (Å²) in [6.45, 7) is 3.84. The second kappa shape index (κ2) is 6.90. The molecule has 0 aromatic heterocycles. The zero-order valence-electron chi connectivity index (χ0n) is 12.5. The molecule has 1 fully saturated rings. The number of aliphatic hydroxyl groups is 1. The van der Waals surface area contributed by atoms with E-state index in [9.17, 15) is 9.50 Å². The van der Waals surface area contributed by atoms with Gasteiger partial charge in [-0.05, 0) is 17.7 Å². The zero-order valence-corrected chi connectivity index (χ0v) is 12.5. The van der Waals surface area contributed by atoms with Crippen molar-refractivity contribution in [1.82, 2.24) is 4.90 Å². The average Bonchev–Trinajstić information content (AvgIpc) is 2.57. The van der Waals surface area contributed by atoms with Crippen molar-refractivity contribution in [2.75, 3.05) is 37.6 Å². The number of para-hydroxylation sites is 1. The van der Waals surface area contributed by atoms with Gasteiger partial charge in [0.1, 0.15) is 5.82 Å². The molecule has 0 aliphatic carbocycles. The molecule has 1 aliphatic rings. The van der Waals surface area contributed by atoms with Gasteiger partial charge in [0, 0.05) is 32.7 Å². The Morgan fingerprint density at radius 3 is 2.23 bits per heavy atom. The fraction of sp³-hybridized carbons (Fsp3) is 0.333. The number of halogens is 1. The van der Waals surface area contributed by atoms with Crippen LogP contribution in [0.4, 0.5) is 10.1 Å². The van der Waals surface area contributed by atoms with Crippen LogP contribution >= 0.6 is 0 Å². The number of anilines is 1. The molecule has 0 bridgehead atoms. The highest BCUT2D eigenvalue weighted by Gasteiger charge is 2.21. The molecule has 0 radical (unpaired) electrons. The molecule has 4 heteroatoms. The Morgan fingerprint density at radius 2 is 1.55 bits per heavy atom. The fourth-order valence-electron chi connectivity index (χ4n) is 2.90. The molecule has 22 heavy (non-hydrogen) atoms. The van der Waals surface area contributed by atoms with Crippen LogP contribution in [0.5, 0.6) is 0 Å². The molecule has 0 saturated carbocycles. The molecular formula is C18H21FN2O. The number of hydrogen-bond donors (Lipinski definition) is 1. The van der Waals surface area contributed by atoms with Gasteiger partial charge in [0.25, 0.3) is 0 Å². The van der Waals surface area contributed by atoms with Crippen molar-refractivity contribution in [2.24, 2.45) is 0 Å². The first-order chi connectivity index (χ1) is 10.7. The second-order valence-corrected chi connectivity index (χ2v) is 5.67. The maximum atomic E-state index is 13.8. The Morgan fingerprint density at radius 1 is 0.909 bits per heavy atom. The normalized spacial score (nSPS) is 17.5. The van der Waals surface area contributed by atoms with Crippen molar-refractivity contribution in [3.05, 3.63) is 66.0 Å². The van der Waals surface area contributed by atoms with Gasteiger partial charge in [-0.1, -0.05) is 42.5 Å². The van der Waals surface area contributed by atoms with Crippen LogP contribution in [-0.2, 0) is 0 Å². The molecule has 116 valence electrons. The van der Waals surface area contributed by atoms with Gasteiger partial charge >= 0.3 is 0 Å². The first-order valence-corrected chi connectivity index (χ1v) is 7.69. The van der Waals surface area contributed by atoms with E-state index in [0.717, 1.165) is 31.7 Å². The van der Waals surface area contributed by atoms with E-state index >= 15 is 0 Å². The van der Waals surface area contributed by atoms with Gasteiger partial charge in [-0.15, -0.1) is 0 Å². The quantitative estimate of drug-likeness (QED) is 0.940. The molecule has 2 aromatic carbocycles. The molecule has 1 unspecified atom stereocenters. The highest BCUT2D eigenvalue weighted by Crippen LogP contribution is 2.21. The van der Waals surface area contributed by atoms with E-state index in [4.69, 9.17) is 0 Å². The third-order valence-electron chi connectivity index (χ3n) is 4.18. The molecule has 0 spiro atoms. The molecule has 2 aromatic rings. The minimum Gasteiger partial charge on any atom is -0.387 e. The van der Waals surface area contributed by atoms with Crippen molar-refractivity contribution >= 4 is 5.69 Å². The van der Waals surface area contributed by atoms with Crippen LogP contribution in [0.1, 0.15) is 11.7 Å². The van der Waals surface area contributed by atoms with E-state index in [1.54, 1.807) is 6.07 Å². The highest BCUT2D eigenvalue weighted by atomic mass is 19.1. The second-order valence-electron chi connectivity index (χ2n) is 5.67. The molecule has 1 saturated heterocycles. The van der Waals surface area contributed by atoms with Gasteiger partial charge in [0.15, 0.2) is 0 Å². The van der Waals surface area contributed by atoms with Gasteiger partial charge in [-0.25, -0.2) is 4.39 Å². The van der Waals surface area contributed by atoms with Gasteiger partial charge < -0.3 is 10.0 Å². The maximum absolute atomic E-state index is 13.8. The van der Waals surface area contributed by atoms with Crippen molar-refractivity contribution < 1.29 is 9.50 Å². The Balaban J connectivity index is 1.55.